The second kappa shape index (κ2) is 26.4. The molecule has 0 radical (unpaired) electrons. The first-order valence-electron chi connectivity index (χ1n) is 20.2. The quantitative estimate of drug-likeness (QED) is 0.0359. The Morgan fingerprint density at radius 3 is 1.52 bits per heavy atom. The van der Waals surface area contributed by atoms with E-state index >= 15 is 0 Å². The van der Waals surface area contributed by atoms with Gasteiger partial charge in [-0.1, -0.05) is 0 Å². The third-order valence-corrected chi connectivity index (χ3v) is 10.1. The van der Waals surface area contributed by atoms with E-state index in [9.17, 15) is 78.9 Å². The average Bonchev–Trinajstić information content (AvgIpc) is 3.96. The van der Waals surface area contributed by atoms with E-state index in [4.69, 9.17) is 5.73 Å². The van der Waals surface area contributed by atoms with E-state index in [0.29, 0.717) is 38.8 Å². The van der Waals surface area contributed by atoms with Crippen LogP contribution in [-0.2, 0) is 43.2 Å². The highest BCUT2D eigenvalue weighted by Crippen LogP contribution is 2.21. The van der Waals surface area contributed by atoms with Gasteiger partial charge in [-0.25, -0.2) is 4.79 Å². The van der Waals surface area contributed by atoms with Crippen LogP contribution in [0.5, 0.6) is 0 Å². The number of likely N-dealkylation sites (tertiary alicyclic amines) is 1. The number of aliphatic carboxylic acids is 1. The van der Waals surface area contributed by atoms with Gasteiger partial charge in [0.15, 0.2) is 0 Å². The van der Waals surface area contributed by atoms with Crippen molar-refractivity contribution in [1.82, 2.24) is 47.4 Å². The van der Waals surface area contributed by atoms with E-state index in [1.165, 1.54) is 11.8 Å². The molecule has 0 aromatic rings. The summed E-state index contributed by atoms with van der Waals surface area (Å²) in [7, 11) is 0. The number of nitrogens with two attached hydrogens (primary N) is 1. The van der Waals surface area contributed by atoms with Crippen LogP contribution >= 0.6 is 0 Å². The van der Waals surface area contributed by atoms with E-state index in [0.717, 1.165) is 13.3 Å². The zero-order valence-electron chi connectivity index (χ0n) is 34.6. The van der Waals surface area contributed by atoms with Crippen LogP contribution in [0.3, 0.4) is 0 Å². The minimum atomic E-state index is -1.89. The molecule has 0 unspecified atom stereocenters. The summed E-state index contributed by atoms with van der Waals surface area (Å²) in [5, 5.41) is 87.1. The first-order valence-corrected chi connectivity index (χ1v) is 20.2. The van der Waals surface area contributed by atoms with Crippen molar-refractivity contribution in [3.05, 3.63) is 0 Å². The maximum absolute atomic E-state index is 13.3. The van der Waals surface area contributed by atoms with Gasteiger partial charge in [-0.2, -0.15) is 0 Å². The lowest BCUT2D eigenvalue weighted by Crippen LogP contribution is -2.63. The van der Waals surface area contributed by atoms with Crippen LogP contribution in [0.25, 0.3) is 0 Å². The molecule has 2 saturated heterocycles. The van der Waals surface area contributed by atoms with Crippen molar-refractivity contribution in [2.75, 3.05) is 46.1 Å². The molecule has 352 valence electrons. The zero-order chi connectivity index (χ0) is 46.7. The Bertz CT molecular complexity index is 1560. The van der Waals surface area contributed by atoms with E-state index in [2.05, 4.69) is 37.2 Å². The molecule has 0 aliphatic carbocycles. The maximum Gasteiger partial charge on any atom is 0.328 e. The summed E-state index contributed by atoms with van der Waals surface area (Å²) < 4.78 is 0. The van der Waals surface area contributed by atoms with E-state index in [1.54, 1.807) is 0 Å². The summed E-state index contributed by atoms with van der Waals surface area (Å²) >= 11 is 0. The third kappa shape index (κ3) is 15.7. The van der Waals surface area contributed by atoms with Gasteiger partial charge in [0, 0.05) is 6.54 Å². The largest absolute Gasteiger partial charge is 0.480 e. The molecule has 2 fully saturated rings. The number of carbonyl (C=O) groups excluding carboxylic acids is 8. The predicted molar refractivity (Wildman–Crippen MR) is 212 cm³/mol. The molecule has 26 heteroatoms. The van der Waals surface area contributed by atoms with Gasteiger partial charge in [0.25, 0.3) is 0 Å². The van der Waals surface area contributed by atoms with Crippen molar-refractivity contribution in [2.45, 2.75) is 125 Å². The summed E-state index contributed by atoms with van der Waals surface area (Å²) in [6.45, 7) is -0.893. The van der Waals surface area contributed by atoms with Crippen molar-refractivity contribution >= 4 is 53.2 Å². The molecule has 62 heavy (non-hydrogen) atoms. The summed E-state index contributed by atoms with van der Waals surface area (Å²) in [5.41, 5.74) is 5.49. The number of hydrogen-bond acceptors (Lipinski definition) is 17. The van der Waals surface area contributed by atoms with Gasteiger partial charge in [0.2, 0.25) is 47.3 Å². The Morgan fingerprint density at radius 1 is 0.613 bits per heavy atom. The number of rotatable bonds is 26. The lowest BCUT2D eigenvalue weighted by molar-refractivity contribution is -0.143. The van der Waals surface area contributed by atoms with Crippen LogP contribution in [-0.4, -0.2) is 207 Å². The molecule has 0 saturated carbocycles. The Hall–Kier alpha value is -5.09. The summed E-state index contributed by atoms with van der Waals surface area (Å²) in [6, 6.07) is -13.6. The number of carbonyl (C=O) groups is 9. The molecule has 0 aromatic heterocycles. The van der Waals surface area contributed by atoms with Crippen LogP contribution in [0.1, 0.15) is 58.8 Å². The fraction of sp³-hybridized carbons (Fsp3) is 0.750. The smallest absolute Gasteiger partial charge is 0.328 e. The van der Waals surface area contributed by atoms with Gasteiger partial charge in [0.1, 0.15) is 48.3 Å². The molecule has 11 atom stereocenters. The number of hydrogen-bond donors (Lipinski definition) is 16. The molecule has 8 amide bonds. The van der Waals surface area contributed by atoms with Gasteiger partial charge in [0.05, 0.1) is 44.7 Å². The van der Waals surface area contributed by atoms with Crippen molar-refractivity contribution in [3.8, 4) is 0 Å². The number of aliphatic hydroxyl groups excluding tert-OH is 6. The second-order valence-electron chi connectivity index (χ2n) is 15.0. The highest BCUT2D eigenvalue weighted by molar-refractivity contribution is 5.98. The van der Waals surface area contributed by atoms with Gasteiger partial charge >= 0.3 is 5.97 Å². The molecular weight excluding hydrogens is 828 g/mol. The number of amides is 8. The second-order valence-corrected chi connectivity index (χ2v) is 15.0. The molecule has 17 N–H and O–H groups in total. The number of carboxylic acid groups (broad SMARTS) is 1. The summed E-state index contributed by atoms with van der Waals surface area (Å²) in [5.74, 6) is -9.68. The standard InChI is InChI=1S/C36H62N10O16/c1-17(51)26(33(58)39-19(7-3-4-10-37)28(53)43-24(16-50)36(61)62)44-31(56)23(15-49)41-29(54)21(13-47)40-30(55)22(14-48)42-34(59)27(18(2)52)45-32(57)25-9-6-12-46(25)35(60)20-8-5-11-38-20/h17-27,38,47-52H,3-16,37H2,1-2H3,(H,39,58)(H,40,55)(H,41,54)(H,42,59)(H,43,53)(H,44,56)(H,45,57)(H,61,62)/t17-,18-,19+,20+,21+,22+,23+,24+,25+,26+,27+/m1/s1. The minimum absolute atomic E-state index is 0.0733. The molecule has 0 spiro atoms. The van der Waals surface area contributed by atoms with E-state index in [1.807, 2.05) is 5.32 Å². The number of carboxylic acids is 1. The zero-order valence-corrected chi connectivity index (χ0v) is 34.6. The molecule has 2 rings (SSSR count). The number of nitrogens with one attached hydrogen (secondary N) is 8. The highest BCUT2D eigenvalue weighted by Gasteiger charge is 2.41. The normalized spacial score (nSPS) is 20.4. The number of nitrogens with zero attached hydrogens (tertiary/aromatic N) is 1. The topological polar surface area (TPSA) is 421 Å². The lowest BCUT2D eigenvalue weighted by atomic mass is 10.1. The van der Waals surface area contributed by atoms with Crippen LogP contribution < -0.4 is 48.3 Å². The van der Waals surface area contributed by atoms with E-state index < -0.39 is 140 Å². The van der Waals surface area contributed by atoms with Crippen LogP contribution in [0.2, 0.25) is 0 Å². The fourth-order valence-corrected chi connectivity index (χ4v) is 6.58. The Morgan fingerprint density at radius 2 is 1.06 bits per heavy atom. The van der Waals surface area contributed by atoms with Crippen LogP contribution in [0, 0.1) is 0 Å². The lowest BCUT2D eigenvalue weighted by Gasteiger charge is -2.29. The first kappa shape index (κ1) is 53.0. The molecule has 0 bridgehead atoms. The Balaban J connectivity index is 2.08. The van der Waals surface area contributed by atoms with Gasteiger partial charge in [-0.05, 0) is 71.9 Å². The molecule has 2 heterocycles. The average molecular weight is 891 g/mol. The Kier molecular flexibility index (Phi) is 22.6. The third-order valence-electron chi connectivity index (χ3n) is 10.1. The maximum atomic E-state index is 13.3. The molecule has 0 aromatic carbocycles. The molecule has 26 nitrogen and oxygen atoms in total. The monoisotopic (exact) mass is 890 g/mol. The van der Waals surface area contributed by atoms with E-state index in [-0.39, 0.29) is 25.3 Å². The summed E-state index contributed by atoms with van der Waals surface area (Å²) in [6.07, 6.45) is -0.406. The van der Waals surface area contributed by atoms with Crippen molar-refractivity contribution < 1.29 is 78.9 Å². The van der Waals surface area contributed by atoms with Crippen molar-refractivity contribution in [1.29, 1.82) is 0 Å². The highest BCUT2D eigenvalue weighted by atomic mass is 16.4. The van der Waals surface area contributed by atoms with Crippen molar-refractivity contribution in [3.63, 3.8) is 0 Å². The Labute approximate surface area is 356 Å². The minimum Gasteiger partial charge on any atom is -0.480 e. The van der Waals surface area contributed by atoms with Gasteiger partial charge in [-0.15, -0.1) is 0 Å². The molecule has 2 aliphatic rings. The molecular formula is C36H62N10O16. The van der Waals surface area contributed by atoms with Crippen LogP contribution in [0.15, 0.2) is 0 Å². The number of aliphatic hydroxyl groups is 6. The van der Waals surface area contributed by atoms with Gasteiger partial charge < -0.3 is 88.9 Å². The molecule has 2 aliphatic heterocycles. The first-order chi connectivity index (χ1) is 29.3. The predicted octanol–water partition coefficient (Wildman–Crippen LogP) is -8.93. The van der Waals surface area contributed by atoms with Gasteiger partial charge in [-0.3, -0.25) is 38.4 Å². The fourth-order valence-electron chi connectivity index (χ4n) is 6.58. The number of unbranched alkanes of at least 4 members (excludes halogenated alkanes) is 1. The summed E-state index contributed by atoms with van der Waals surface area (Å²) in [4.78, 5) is 118. The SMILES string of the molecule is C[C@@H](O)[C@H](NC(=O)[C@H](CO)NC(=O)[C@H](CO)NC(=O)[C@H](CO)NC(=O)[C@@H](NC(=O)[C@@H]1CCCN1C(=O)[C@@H]1CCCN1)[C@@H](C)O)C(=O)N[C@@H](CCCCN)C(=O)N[C@@H](CO)C(=O)O. The van der Waals surface area contributed by atoms with Crippen molar-refractivity contribution in [2.24, 2.45) is 5.73 Å². The van der Waals surface area contributed by atoms with Crippen LogP contribution in [0.4, 0.5) is 0 Å².